The van der Waals surface area contributed by atoms with Crippen molar-refractivity contribution in [3.05, 3.63) is 48.0 Å². The first kappa shape index (κ1) is 32.4. The summed E-state index contributed by atoms with van der Waals surface area (Å²) in [5.74, 6) is 1.78. The lowest BCUT2D eigenvalue weighted by atomic mass is 9.91. The molecule has 9 heteroatoms. The molecule has 1 aromatic carbocycles. The van der Waals surface area contributed by atoms with Crippen LogP contribution < -0.4 is 10.6 Å². The Morgan fingerprint density at radius 2 is 1.71 bits per heavy atom. The highest BCUT2D eigenvalue weighted by atomic mass is 32.2. The Hall–Kier alpha value is -2.52. The molecule has 2 atom stereocenters. The number of likely N-dealkylation sites (tertiary alicyclic amines) is 1. The van der Waals surface area contributed by atoms with Crippen LogP contribution in [-0.4, -0.2) is 82.6 Å². The highest BCUT2D eigenvalue weighted by molar-refractivity contribution is 7.99. The van der Waals surface area contributed by atoms with E-state index in [1.54, 1.807) is 11.8 Å². The summed E-state index contributed by atoms with van der Waals surface area (Å²) in [5, 5.41) is 6.29. The minimum Gasteiger partial charge on any atom is -0.444 e. The third kappa shape index (κ3) is 10.3. The lowest BCUT2D eigenvalue weighted by Crippen LogP contribution is -2.58. The molecule has 0 unspecified atom stereocenters. The normalized spacial score (nSPS) is 21.5. The number of thioether (sulfide) groups is 1. The van der Waals surface area contributed by atoms with E-state index in [2.05, 4.69) is 39.8 Å². The van der Waals surface area contributed by atoms with E-state index in [9.17, 15) is 14.4 Å². The quantitative estimate of drug-likeness (QED) is 0.363. The molecule has 0 radical (unpaired) electrons. The van der Waals surface area contributed by atoms with Crippen LogP contribution in [0.1, 0.15) is 77.7 Å². The van der Waals surface area contributed by atoms with E-state index in [1.165, 1.54) is 42.6 Å². The molecule has 1 saturated heterocycles. The molecule has 8 nitrogen and oxygen atoms in total. The van der Waals surface area contributed by atoms with Crippen molar-refractivity contribution >= 4 is 29.7 Å². The number of piperidine rings is 1. The van der Waals surface area contributed by atoms with E-state index in [4.69, 9.17) is 4.74 Å². The summed E-state index contributed by atoms with van der Waals surface area (Å²) >= 11 is 1.76. The Morgan fingerprint density at radius 1 is 1.00 bits per heavy atom. The van der Waals surface area contributed by atoms with Crippen molar-refractivity contribution in [2.24, 2.45) is 5.92 Å². The molecule has 2 fully saturated rings. The lowest BCUT2D eigenvalue weighted by Gasteiger charge is -2.35. The molecule has 0 spiro atoms. The second-order valence-electron chi connectivity index (χ2n) is 13.0. The zero-order chi connectivity index (χ0) is 30.0. The first-order valence-corrected chi connectivity index (χ1v) is 16.9. The van der Waals surface area contributed by atoms with Crippen molar-refractivity contribution in [2.45, 2.75) is 102 Å². The number of carbonyl (C=O) groups is 3. The molecule has 2 heterocycles. The number of benzene rings is 1. The number of hydrogen-bond acceptors (Lipinski definition) is 6. The molecule has 42 heavy (non-hydrogen) atoms. The van der Waals surface area contributed by atoms with Gasteiger partial charge in [0.15, 0.2) is 0 Å². The Kier molecular flexibility index (Phi) is 12.2. The molecule has 3 amide bonds. The van der Waals surface area contributed by atoms with Gasteiger partial charge in [-0.25, -0.2) is 4.79 Å². The Morgan fingerprint density at radius 3 is 2.40 bits per heavy atom. The van der Waals surface area contributed by atoms with Gasteiger partial charge < -0.3 is 15.4 Å². The average Bonchev–Trinajstić information content (AvgIpc) is 2.98. The molecule has 3 aliphatic rings. The van der Waals surface area contributed by atoms with Crippen molar-refractivity contribution < 1.29 is 19.1 Å². The van der Waals surface area contributed by atoms with Crippen molar-refractivity contribution in [3.8, 4) is 0 Å². The summed E-state index contributed by atoms with van der Waals surface area (Å²) in [6, 6.07) is 9.20. The fourth-order valence-corrected chi connectivity index (χ4v) is 7.25. The van der Waals surface area contributed by atoms with Crippen molar-refractivity contribution in [1.82, 2.24) is 20.4 Å². The van der Waals surface area contributed by atoms with Crippen LogP contribution in [0.15, 0.2) is 42.5 Å². The van der Waals surface area contributed by atoms with Crippen LogP contribution in [0.4, 0.5) is 4.79 Å². The van der Waals surface area contributed by atoms with Gasteiger partial charge in [-0.1, -0.05) is 61.7 Å². The lowest BCUT2D eigenvalue weighted by molar-refractivity contribution is -0.131. The topological polar surface area (TPSA) is 91.0 Å². The van der Waals surface area contributed by atoms with Crippen LogP contribution in [0.2, 0.25) is 0 Å². The Balaban J connectivity index is 1.34. The molecule has 0 bridgehead atoms. The van der Waals surface area contributed by atoms with Crippen LogP contribution in [0.25, 0.3) is 0 Å². The van der Waals surface area contributed by atoms with Crippen LogP contribution >= 0.6 is 11.8 Å². The zero-order valence-electron chi connectivity index (χ0n) is 25.7. The molecule has 0 aromatic heterocycles. The van der Waals surface area contributed by atoms with Crippen LogP contribution in [-0.2, 0) is 20.9 Å². The van der Waals surface area contributed by atoms with Gasteiger partial charge in [0.2, 0.25) is 11.8 Å². The summed E-state index contributed by atoms with van der Waals surface area (Å²) in [4.78, 5) is 44.0. The molecular formula is C33H50N4O4S. The van der Waals surface area contributed by atoms with E-state index in [-0.39, 0.29) is 17.9 Å². The monoisotopic (exact) mass is 598 g/mol. The highest BCUT2D eigenvalue weighted by Gasteiger charge is 2.35. The van der Waals surface area contributed by atoms with E-state index in [0.717, 1.165) is 38.2 Å². The summed E-state index contributed by atoms with van der Waals surface area (Å²) in [6.45, 7) is 8.52. The number of nitrogens with zero attached hydrogens (tertiary/aromatic N) is 2. The van der Waals surface area contributed by atoms with Gasteiger partial charge in [-0.3, -0.25) is 19.4 Å². The number of nitrogens with one attached hydrogen (secondary N) is 2. The van der Waals surface area contributed by atoms with Crippen molar-refractivity contribution in [1.29, 1.82) is 0 Å². The molecule has 2 aliphatic heterocycles. The van der Waals surface area contributed by atoms with Gasteiger partial charge in [0.05, 0.1) is 0 Å². The molecule has 1 saturated carbocycles. The summed E-state index contributed by atoms with van der Waals surface area (Å²) in [7, 11) is 0. The average molecular weight is 599 g/mol. The number of amides is 3. The predicted octanol–water partition coefficient (Wildman–Crippen LogP) is 5.13. The fraction of sp³-hybridized carbons (Fsp3) is 0.667. The van der Waals surface area contributed by atoms with Crippen molar-refractivity contribution in [3.63, 3.8) is 0 Å². The van der Waals surface area contributed by atoms with Crippen LogP contribution in [0.3, 0.4) is 0 Å². The minimum absolute atomic E-state index is 0.0862. The Bertz CT molecular complexity index is 1050. The SMILES string of the molecule is CC(C)(C)OC(=O)N1CC=CC[C@@H]1C(=O)N[C@@H](CSCC1CCCCC1)C(=O)NC1CCN(Cc2ccccc2)CC1. The van der Waals surface area contributed by atoms with Gasteiger partial charge in [-0.15, -0.1) is 0 Å². The molecular weight excluding hydrogens is 548 g/mol. The molecule has 232 valence electrons. The van der Waals surface area contributed by atoms with E-state index >= 15 is 0 Å². The summed E-state index contributed by atoms with van der Waals surface area (Å²) < 4.78 is 5.57. The van der Waals surface area contributed by atoms with Crippen LogP contribution in [0, 0.1) is 5.92 Å². The van der Waals surface area contributed by atoms with E-state index in [1.807, 2.05) is 39.0 Å². The first-order chi connectivity index (χ1) is 20.2. The summed E-state index contributed by atoms with van der Waals surface area (Å²) in [5.41, 5.74) is 0.643. The number of carbonyl (C=O) groups excluding carboxylic acids is 3. The smallest absolute Gasteiger partial charge is 0.411 e. The standard InChI is InChI=1S/C33H50N4O4S/c1-33(2,3)41-32(40)37-19-11-10-16-29(37)31(39)35-28(24-42-23-26-14-8-5-9-15-26)30(38)34-27-17-20-36(21-18-27)22-25-12-6-4-7-13-25/h4,6-7,10-13,26-29H,5,8-9,14-24H2,1-3H3,(H,34,38)(H,35,39)/t28-,29+/m0/s1. The second kappa shape index (κ2) is 15.8. The molecule has 1 aliphatic carbocycles. The molecule has 4 rings (SSSR count). The largest absolute Gasteiger partial charge is 0.444 e. The number of ether oxygens (including phenoxy) is 1. The van der Waals surface area contributed by atoms with Crippen LogP contribution in [0.5, 0.6) is 0 Å². The maximum atomic E-state index is 13.6. The number of hydrogen-bond donors (Lipinski definition) is 2. The fourth-order valence-electron chi connectivity index (χ4n) is 5.97. The van der Waals surface area contributed by atoms with Crippen molar-refractivity contribution in [2.75, 3.05) is 31.1 Å². The van der Waals surface area contributed by atoms with Gasteiger partial charge in [-0.05, 0) is 70.1 Å². The second-order valence-corrected chi connectivity index (χ2v) is 14.1. The third-order valence-corrected chi connectivity index (χ3v) is 9.59. The summed E-state index contributed by atoms with van der Waals surface area (Å²) in [6.07, 6.45) is 11.8. The van der Waals surface area contributed by atoms with Gasteiger partial charge in [0, 0.05) is 38.0 Å². The van der Waals surface area contributed by atoms with E-state index in [0.29, 0.717) is 24.6 Å². The maximum absolute atomic E-state index is 13.6. The maximum Gasteiger partial charge on any atom is 0.411 e. The van der Waals surface area contributed by atoms with Gasteiger partial charge in [0.1, 0.15) is 17.7 Å². The predicted molar refractivity (Wildman–Crippen MR) is 169 cm³/mol. The zero-order valence-corrected chi connectivity index (χ0v) is 26.5. The molecule has 1 aromatic rings. The molecule has 2 N–H and O–H groups in total. The van der Waals surface area contributed by atoms with Gasteiger partial charge in [-0.2, -0.15) is 11.8 Å². The van der Waals surface area contributed by atoms with Gasteiger partial charge >= 0.3 is 6.09 Å². The number of rotatable bonds is 10. The minimum atomic E-state index is -0.704. The Labute approximate surface area is 256 Å². The third-order valence-electron chi connectivity index (χ3n) is 8.31. The van der Waals surface area contributed by atoms with Gasteiger partial charge in [0.25, 0.3) is 0 Å². The van der Waals surface area contributed by atoms with E-state index < -0.39 is 23.8 Å². The first-order valence-electron chi connectivity index (χ1n) is 15.8. The highest BCUT2D eigenvalue weighted by Crippen LogP contribution is 2.27.